The van der Waals surface area contributed by atoms with Crippen molar-refractivity contribution in [3.05, 3.63) is 78.6 Å². The number of phenols is 1. The highest BCUT2D eigenvalue weighted by Gasteiger charge is 2.15. The first-order chi connectivity index (χ1) is 15.5. The van der Waals surface area contributed by atoms with Crippen LogP contribution in [0, 0.1) is 5.82 Å². The molecule has 0 fully saturated rings. The molecule has 0 unspecified atom stereocenters. The lowest BCUT2D eigenvalue weighted by molar-refractivity contribution is 0.462. The molecule has 0 saturated carbocycles. The first-order valence-electron chi connectivity index (χ1n) is 10.0. The summed E-state index contributed by atoms with van der Waals surface area (Å²) in [5, 5.41) is 22.2. The van der Waals surface area contributed by atoms with Crippen LogP contribution in [0.25, 0.3) is 28.2 Å². The average molecular weight is 429 g/mol. The third kappa shape index (κ3) is 3.64. The van der Waals surface area contributed by atoms with Crippen molar-refractivity contribution in [2.45, 2.75) is 13.0 Å². The van der Waals surface area contributed by atoms with Gasteiger partial charge in [-0.1, -0.05) is 0 Å². The molecule has 4 heterocycles. The number of nitrogens with zero attached hydrogens (tertiary/aromatic N) is 6. The lowest BCUT2D eigenvalue weighted by Crippen LogP contribution is -2.10. The van der Waals surface area contributed by atoms with Crippen LogP contribution in [0.5, 0.6) is 5.75 Å². The van der Waals surface area contributed by atoms with E-state index in [0.29, 0.717) is 17.0 Å². The maximum absolute atomic E-state index is 13.6. The number of pyridine rings is 1. The maximum atomic E-state index is 13.6. The van der Waals surface area contributed by atoms with Gasteiger partial charge in [0, 0.05) is 30.6 Å². The Morgan fingerprint density at radius 2 is 1.91 bits per heavy atom. The van der Waals surface area contributed by atoms with Gasteiger partial charge in [0.25, 0.3) is 0 Å². The molecule has 4 aromatic heterocycles. The minimum atomic E-state index is -0.411. The van der Waals surface area contributed by atoms with Gasteiger partial charge in [-0.05, 0) is 55.0 Å². The number of hydrogen-bond acceptors (Lipinski definition) is 6. The van der Waals surface area contributed by atoms with Gasteiger partial charge in [0.15, 0.2) is 5.65 Å². The fourth-order valence-electron chi connectivity index (χ4n) is 3.62. The number of phenolic OH excluding ortho intramolecular Hbond substituents is 1. The highest BCUT2D eigenvalue weighted by atomic mass is 19.1. The van der Waals surface area contributed by atoms with Crippen molar-refractivity contribution in [2.75, 3.05) is 5.32 Å². The molecule has 5 aromatic rings. The maximum Gasteiger partial charge on any atom is 0.154 e. The summed E-state index contributed by atoms with van der Waals surface area (Å²) >= 11 is 0. The SMILES string of the molecule is C[C@@H](Nc1ccc2ncc(-c3cc(-c4cnn(C)c4)ccn3)n2n1)c1cc(F)ccc1O. The molecule has 32 heavy (non-hydrogen) atoms. The molecule has 160 valence electrons. The smallest absolute Gasteiger partial charge is 0.154 e. The van der Waals surface area contributed by atoms with Crippen LogP contribution in [0.1, 0.15) is 18.5 Å². The van der Waals surface area contributed by atoms with Gasteiger partial charge in [0.1, 0.15) is 23.1 Å². The zero-order chi connectivity index (χ0) is 22.2. The number of anilines is 1. The summed E-state index contributed by atoms with van der Waals surface area (Å²) in [7, 11) is 1.87. The monoisotopic (exact) mass is 429 g/mol. The molecular weight excluding hydrogens is 409 g/mol. The summed E-state index contributed by atoms with van der Waals surface area (Å²) in [4.78, 5) is 8.93. The second-order valence-corrected chi connectivity index (χ2v) is 7.53. The summed E-state index contributed by atoms with van der Waals surface area (Å²) in [6.45, 7) is 1.83. The molecule has 8 nitrogen and oxygen atoms in total. The van der Waals surface area contributed by atoms with E-state index in [9.17, 15) is 9.50 Å². The number of benzene rings is 1. The Balaban J connectivity index is 1.49. The van der Waals surface area contributed by atoms with Crippen LogP contribution >= 0.6 is 0 Å². The van der Waals surface area contributed by atoms with E-state index < -0.39 is 5.82 Å². The van der Waals surface area contributed by atoms with Crippen molar-refractivity contribution in [1.82, 2.24) is 29.4 Å². The van der Waals surface area contributed by atoms with Crippen molar-refractivity contribution in [2.24, 2.45) is 7.05 Å². The molecule has 0 saturated heterocycles. The molecule has 0 radical (unpaired) electrons. The van der Waals surface area contributed by atoms with Gasteiger partial charge in [0.2, 0.25) is 0 Å². The van der Waals surface area contributed by atoms with Gasteiger partial charge in [-0.2, -0.15) is 5.10 Å². The number of halogens is 1. The van der Waals surface area contributed by atoms with Crippen molar-refractivity contribution >= 4 is 11.5 Å². The molecule has 1 atom stereocenters. The van der Waals surface area contributed by atoms with E-state index in [4.69, 9.17) is 0 Å². The molecule has 9 heteroatoms. The van der Waals surface area contributed by atoms with Gasteiger partial charge in [-0.25, -0.2) is 13.9 Å². The van der Waals surface area contributed by atoms with E-state index in [1.807, 2.05) is 38.4 Å². The summed E-state index contributed by atoms with van der Waals surface area (Å²) in [5.74, 6) is 0.162. The average Bonchev–Trinajstić information content (AvgIpc) is 3.41. The van der Waals surface area contributed by atoms with Crippen molar-refractivity contribution in [3.8, 4) is 28.3 Å². The van der Waals surface area contributed by atoms with Crippen LogP contribution in [0.15, 0.2) is 67.3 Å². The summed E-state index contributed by atoms with van der Waals surface area (Å²) in [5.41, 5.74) is 4.55. The number of aryl methyl sites for hydroxylation is 1. The van der Waals surface area contributed by atoms with Gasteiger partial charge in [0.05, 0.1) is 24.1 Å². The zero-order valence-electron chi connectivity index (χ0n) is 17.4. The highest BCUT2D eigenvalue weighted by molar-refractivity contribution is 5.69. The van der Waals surface area contributed by atoms with Gasteiger partial charge in [-0.15, -0.1) is 5.10 Å². The van der Waals surface area contributed by atoms with E-state index in [2.05, 4.69) is 25.5 Å². The summed E-state index contributed by atoms with van der Waals surface area (Å²) < 4.78 is 17.1. The van der Waals surface area contributed by atoms with E-state index in [1.54, 1.807) is 33.9 Å². The number of aromatic nitrogens is 6. The number of rotatable bonds is 5. The van der Waals surface area contributed by atoms with Crippen molar-refractivity contribution < 1.29 is 9.50 Å². The van der Waals surface area contributed by atoms with Crippen LogP contribution in [-0.4, -0.2) is 34.5 Å². The first kappa shape index (κ1) is 19.7. The number of hydrogen-bond donors (Lipinski definition) is 2. The molecule has 1 aromatic carbocycles. The molecule has 5 rings (SSSR count). The molecule has 0 aliphatic rings. The van der Waals surface area contributed by atoms with E-state index in [-0.39, 0.29) is 11.8 Å². The van der Waals surface area contributed by atoms with Crippen LogP contribution in [0.3, 0.4) is 0 Å². The van der Waals surface area contributed by atoms with Gasteiger partial charge < -0.3 is 10.4 Å². The zero-order valence-corrected chi connectivity index (χ0v) is 17.4. The fourth-order valence-corrected chi connectivity index (χ4v) is 3.62. The number of aromatic hydroxyl groups is 1. The predicted octanol–water partition coefficient (Wildman–Crippen LogP) is 4.21. The normalized spacial score (nSPS) is 12.2. The Kier molecular flexibility index (Phi) is 4.78. The van der Waals surface area contributed by atoms with E-state index in [1.165, 1.54) is 18.2 Å². The third-order valence-corrected chi connectivity index (χ3v) is 5.24. The Labute approximate surface area is 183 Å². The first-order valence-corrected chi connectivity index (χ1v) is 10.0. The molecular formula is C23H20FN7O. The second-order valence-electron chi connectivity index (χ2n) is 7.53. The lowest BCUT2D eigenvalue weighted by Gasteiger charge is -2.16. The number of imidazole rings is 1. The molecule has 0 aliphatic carbocycles. The summed E-state index contributed by atoms with van der Waals surface area (Å²) in [6, 6.07) is 11.0. The van der Waals surface area contributed by atoms with Crippen molar-refractivity contribution in [3.63, 3.8) is 0 Å². The summed E-state index contributed by atoms with van der Waals surface area (Å²) in [6.07, 6.45) is 7.21. The Hall–Kier alpha value is -4.27. The van der Waals surface area contributed by atoms with Crippen LogP contribution in [0.4, 0.5) is 10.2 Å². The van der Waals surface area contributed by atoms with E-state index in [0.717, 1.165) is 22.5 Å². The van der Waals surface area contributed by atoms with Gasteiger partial charge >= 0.3 is 0 Å². The molecule has 0 bridgehead atoms. The molecule has 2 N–H and O–H groups in total. The molecule has 0 spiro atoms. The predicted molar refractivity (Wildman–Crippen MR) is 119 cm³/mol. The van der Waals surface area contributed by atoms with Gasteiger partial charge in [-0.3, -0.25) is 9.67 Å². The minimum Gasteiger partial charge on any atom is -0.508 e. The van der Waals surface area contributed by atoms with Crippen LogP contribution < -0.4 is 5.32 Å². The minimum absolute atomic E-state index is 0.0206. The number of fused-ring (bicyclic) bond motifs is 1. The second kappa shape index (κ2) is 7.77. The van der Waals surface area contributed by atoms with Crippen molar-refractivity contribution in [1.29, 1.82) is 0 Å². The molecule has 0 aliphatic heterocycles. The largest absolute Gasteiger partial charge is 0.508 e. The molecule has 0 amide bonds. The standard InChI is InChI=1S/C23H20FN7O/c1-14(18-10-17(24)3-4-21(18)32)28-22-5-6-23-26-12-20(31(23)29-22)19-9-15(7-8-25-19)16-11-27-30(2)13-16/h3-14,32H,1-2H3,(H,28,29)/t14-/m1/s1. The van der Waals surface area contributed by atoms with Crippen LogP contribution in [-0.2, 0) is 7.05 Å². The van der Waals surface area contributed by atoms with E-state index >= 15 is 0 Å². The Bertz CT molecular complexity index is 1430. The topological polar surface area (TPSA) is 93.2 Å². The lowest BCUT2D eigenvalue weighted by atomic mass is 10.1. The van der Waals surface area contributed by atoms with Crippen LogP contribution in [0.2, 0.25) is 0 Å². The Morgan fingerprint density at radius 3 is 2.72 bits per heavy atom. The fraction of sp³-hybridized carbons (Fsp3) is 0.130. The quantitative estimate of drug-likeness (QED) is 0.435. The Morgan fingerprint density at radius 1 is 1.03 bits per heavy atom. The third-order valence-electron chi connectivity index (χ3n) is 5.24. The highest BCUT2D eigenvalue weighted by Crippen LogP contribution is 2.28. The number of nitrogens with one attached hydrogen (secondary N) is 1.